The van der Waals surface area contributed by atoms with E-state index >= 15 is 0 Å². The SMILES string of the molecule is CC(O)C(NC(=O)C(Cc1cnc[nH]1)NC(=O)C(N)Cc1ccccc1)C(=O)NC(CCCCN)C(=O)O. The predicted molar refractivity (Wildman–Crippen MR) is 138 cm³/mol. The van der Waals surface area contributed by atoms with Gasteiger partial charge in [0.2, 0.25) is 17.7 Å². The van der Waals surface area contributed by atoms with Gasteiger partial charge in [0.25, 0.3) is 0 Å². The number of carboxylic acid groups (broad SMARTS) is 1. The topological polar surface area (TPSA) is 226 Å². The fraction of sp³-hybridized carbons (Fsp3) is 0.480. The van der Waals surface area contributed by atoms with Gasteiger partial charge in [-0.15, -0.1) is 0 Å². The molecule has 1 aromatic carbocycles. The van der Waals surface area contributed by atoms with Crippen LogP contribution in [0.2, 0.25) is 0 Å². The fourth-order valence-corrected chi connectivity index (χ4v) is 3.74. The number of carbonyl (C=O) groups is 4. The van der Waals surface area contributed by atoms with E-state index < -0.39 is 54.0 Å². The quantitative estimate of drug-likeness (QED) is 0.119. The maximum absolute atomic E-state index is 13.2. The molecule has 38 heavy (non-hydrogen) atoms. The zero-order valence-corrected chi connectivity index (χ0v) is 21.3. The van der Waals surface area contributed by atoms with E-state index in [1.165, 1.54) is 19.4 Å². The van der Waals surface area contributed by atoms with Crippen molar-refractivity contribution >= 4 is 23.7 Å². The van der Waals surface area contributed by atoms with Gasteiger partial charge < -0.3 is 42.6 Å². The van der Waals surface area contributed by atoms with E-state index in [-0.39, 0.29) is 19.3 Å². The van der Waals surface area contributed by atoms with Gasteiger partial charge in [-0.25, -0.2) is 9.78 Å². The summed E-state index contributed by atoms with van der Waals surface area (Å²) < 4.78 is 0. The Hall–Kier alpha value is -3.81. The van der Waals surface area contributed by atoms with Crippen LogP contribution in [0.1, 0.15) is 37.4 Å². The standard InChI is InChI=1S/C25H37N7O6/c1-15(33)21(24(36)30-19(25(37)38)9-5-6-10-26)32-23(35)20(12-17-13-28-14-29-17)31-22(34)18(27)11-16-7-3-2-4-8-16/h2-4,7-8,13-15,18-21,33H,5-6,9-12,26-27H2,1H3,(H,28,29)(H,30,36)(H,31,34)(H,32,35)(H,37,38). The summed E-state index contributed by atoms with van der Waals surface area (Å²) in [5.41, 5.74) is 12.9. The lowest BCUT2D eigenvalue weighted by Gasteiger charge is -2.26. The summed E-state index contributed by atoms with van der Waals surface area (Å²) in [5, 5.41) is 27.0. The first kappa shape index (κ1) is 30.4. The van der Waals surface area contributed by atoms with Gasteiger partial charge in [-0.2, -0.15) is 0 Å². The first-order valence-corrected chi connectivity index (χ1v) is 12.4. The summed E-state index contributed by atoms with van der Waals surface area (Å²) in [7, 11) is 0. The van der Waals surface area contributed by atoms with Crippen molar-refractivity contribution in [2.24, 2.45) is 11.5 Å². The van der Waals surface area contributed by atoms with E-state index in [9.17, 15) is 29.4 Å². The third-order valence-electron chi connectivity index (χ3n) is 5.87. The van der Waals surface area contributed by atoms with Crippen LogP contribution in [0.3, 0.4) is 0 Å². The van der Waals surface area contributed by atoms with Crippen LogP contribution in [0.25, 0.3) is 0 Å². The summed E-state index contributed by atoms with van der Waals surface area (Å²) in [6, 6.07) is 4.33. The van der Waals surface area contributed by atoms with E-state index in [0.717, 1.165) is 5.56 Å². The zero-order valence-electron chi connectivity index (χ0n) is 21.3. The molecule has 0 bridgehead atoms. The molecule has 10 N–H and O–H groups in total. The van der Waals surface area contributed by atoms with E-state index in [4.69, 9.17) is 11.5 Å². The second-order valence-corrected chi connectivity index (χ2v) is 9.05. The predicted octanol–water partition coefficient (Wildman–Crippen LogP) is -1.43. The average molecular weight is 532 g/mol. The molecular weight excluding hydrogens is 494 g/mol. The molecule has 208 valence electrons. The molecule has 1 aromatic heterocycles. The minimum absolute atomic E-state index is 0.000614. The number of carbonyl (C=O) groups excluding carboxylic acids is 3. The van der Waals surface area contributed by atoms with Gasteiger partial charge in [0.15, 0.2) is 0 Å². The fourth-order valence-electron chi connectivity index (χ4n) is 3.74. The van der Waals surface area contributed by atoms with Gasteiger partial charge in [0.05, 0.1) is 18.5 Å². The minimum Gasteiger partial charge on any atom is -0.480 e. The van der Waals surface area contributed by atoms with Gasteiger partial charge in [0, 0.05) is 18.3 Å². The van der Waals surface area contributed by atoms with Crippen LogP contribution in [0.15, 0.2) is 42.9 Å². The van der Waals surface area contributed by atoms with Crippen molar-refractivity contribution < 1.29 is 29.4 Å². The van der Waals surface area contributed by atoms with Crippen LogP contribution < -0.4 is 27.4 Å². The zero-order chi connectivity index (χ0) is 28.1. The summed E-state index contributed by atoms with van der Waals surface area (Å²) in [6.07, 6.45) is 2.96. The van der Waals surface area contributed by atoms with Gasteiger partial charge in [-0.3, -0.25) is 14.4 Å². The Labute approximate surface area is 220 Å². The number of H-pyrrole nitrogens is 1. The number of unbranched alkanes of at least 4 members (excludes halogenated alkanes) is 1. The molecule has 0 radical (unpaired) electrons. The molecule has 5 atom stereocenters. The summed E-state index contributed by atoms with van der Waals surface area (Å²) in [4.78, 5) is 57.2. The van der Waals surface area contributed by atoms with Crippen LogP contribution in [0, 0.1) is 0 Å². The molecular formula is C25H37N7O6. The van der Waals surface area contributed by atoms with Crippen molar-refractivity contribution in [1.82, 2.24) is 25.9 Å². The number of hydrogen-bond donors (Lipinski definition) is 8. The Balaban J connectivity index is 2.12. The van der Waals surface area contributed by atoms with Gasteiger partial charge in [-0.1, -0.05) is 30.3 Å². The normalized spacial score (nSPS) is 14.9. The maximum Gasteiger partial charge on any atom is 0.326 e. The van der Waals surface area contributed by atoms with Crippen molar-refractivity contribution in [1.29, 1.82) is 0 Å². The lowest BCUT2D eigenvalue weighted by atomic mass is 10.0. The molecule has 3 amide bonds. The Morgan fingerprint density at radius 2 is 1.66 bits per heavy atom. The van der Waals surface area contributed by atoms with Crippen molar-refractivity contribution in [2.75, 3.05) is 6.54 Å². The summed E-state index contributed by atoms with van der Waals surface area (Å²) >= 11 is 0. The molecule has 13 nitrogen and oxygen atoms in total. The number of aromatic amines is 1. The third-order valence-corrected chi connectivity index (χ3v) is 5.87. The molecule has 2 aromatic rings. The lowest BCUT2D eigenvalue weighted by molar-refractivity contribution is -0.143. The highest BCUT2D eigenvalue weighted by atomic mass is 16.4. The van der Waals surface area contributed by atoms with E-state index in [0.29, 0.717) is 25.1 Å². The van der Waals surface area contributed by atoms with Gasteiger partial charge >= 0.3 is 5.97 Å². The van der Waals surface area contributed by atoms with Crippen LogP contribution in [-0.2, 0) is 32.0 Å². The van der Waals surface area contributed by atoms with Crippen molar-refractivity contribution in [2.45, 2.75) is 69.3 Å². The molecule has 1 heterocycles. The number of aromatic nitrogens is 2. The number of aliphatic hydroxyl groups is 1. The third kappa shape index (κ3) is 9.92. The average Bonchev–Trinajstić information content (AvgIpc) is 3.39. The number of aliphatic carboxylic acids is 1. The van der Waals surface area contributed by atoms with Gasteiger partial charge in [-0.05, 0) is 44.7 Å². The summed E-state index contributed by atoms with van der Waals surface area (Å²) in [6.45, 7) is 1.66. The van der Waals surface area contributed by atoms with Crippen molar-refractivity contribution in [3.8, 4) is 0 Å². The number of nitrogens with two attached hydrogens (primary N) is 2. The number of imidazole rings is 1. The number of benzene rings is 1. The second-order valence-electron chi connectivity index (χ2n) is 9.05. The number of aliphatic hydroxyl groups excluding tert-OH is 1. The highest BCUT2D eigenvalue weighted by Crippen LogP contribution is 2.06. The molecule has 0 aliphatic rings. The number of nitrogens with one attached hydrogen (secondary N) is 4. The molecule has 0 saturated heterocycles. The Bertz CT molecular complexity index is 1030. The van der Waals surface area contributed by atoms with Crippen LogP contribution in [-0.4, -0.2) is 80.7 Å². The molecule has 0 aliphatic carbocycles. The van der Waals surface area contributed by atoms with E-state index in [1.807, 2.05) is 30.3 Å². The molecule has 13 heteroatoms. The van der Waals surface area contributed by atoms with Crippen LogP contribution in [0.4, 0.5) is 0 Å². The molecule has 2 rings (SSSR count). The van der Waals surface area contributed by atoms with Crippen molar-refractivity contribution in [3.63, 3.8) is 0 Å². The minimum atomic E-state index is -1.47. The van der Waals surface area contributed by atoms with Gasteiger partial charge in [0.1, 0.15) is 18.1 Å². The number of hydrogen-bond acceptors (Lipinski definition) is 8. The first-order valence-electron chi connectivity index (χ1n) is 12.4. The Morgan fingerprint density at radius 1 is 0.974 bits per heavy atom. The number of amides is 3. The number of rotatable bonds is 16. The maximum atomic E-state index is 13.2. The highest BCUT2D eigenvalue weighted by molar-refractivity contribution is 5.94. The molecule has 0 aliphatic heterocycles. The molecule has 0 fully saturated rings. The largest absolute Gasteiger partial charge is 0.480 e. The lowest BCUT2D eigenvalue weighted by Crippen LogP contribution is -2.60. The van der Waals surface area contributed by atoms with E-state index in [2.05, 4.69) is 25.9 Å². The van der Waals surface area contributed by atoms with E-state index in [1.54, 1.807) is 0 Å². The Kier molecular flexibility index (Phi) is 12.4. The smallest absolute Gasteiger partial charge is 0.326 e. The highest BCUT2D eigenvalue weighted by Gasteiger charge is 2.33. The second kappa shape index (κ2) is 15.4. The molecule has 5 unspecified atom stereocenters. The van der Waals surface area contributed by atoms with Crippen LogP contribution in [0.5, 0.6) is 0 Å². The molecule has 0 saturated carbocycles. The van der Waals surface area contributed by atoms with Crippen molar-refractivity contribution in [3.05, 3.63) is 54.1 Å². The van der Waals surface area contributed by atoms with Crippen LogP contribution >= 0.6 is 0 Å². The number of nitrogens with zero attached hydrogens (tertiary/aromatic N) is 1. The summed E-state index contributed by atoms with van der Waals surface area (Å²) in [5.74, 6) is -3.47. The first-order chi connectivity index (χ1) is 18.1. The molecule has 0 spiro atoms. The Morgan fingerprint density at radius 3 is 2.24 bits per heavy atom. The monoisotopic (exact) mass is 531 g/mol. The number of carboxylic acids is 1.